The number of ether oxygens (including phenoxy) is 2. The van der Waals surface area contributed by atoms with Crippen molar-refractivity contribution >= 4 is 23.2 Å². The van der Waals surface area contributed by atoms with Crippen molar-refractivity contribution < 1.29 is 9.47 Å². The van der Waals surface area contributed by atoms with E-state index < -0.39 is 5.60 Å². The van der Waals surface area contributed by atoms with Crippen molar-refractivity contribution in [3.05, 3.63) is 22.2 Å². The first-order valence-corrected chi connectivity index (χ1v) is 5.75. The number of rotatable bonds is 2. The van der Waals surface area contributed by atoms with Gasteiger partial charge in [-0.1, -0.05) is 23.2 Å². The maximum atomic E-state index is 5.87. The van der Waals surface area contributed by atoms with Crippen LogP contribution in [0.2, 0.25) is 10.3 Å². The average molecular weight is 263 g/mol. The van der Waals surface area contributed by atoms with Gasteiger partial charge in [-0.2, -0.15) is 0 Å². The lowest BCUT2D eigenvalue weighted by Gasteiger charge is -2.34. The van der Waals surface area contributed by atoms with Gasteiger partial charge in [-0.15, -0.1) is 0 Å². The first kappa shape index (κ1) is 12.0. The van der Waals surface area contributed by atoms with Crippen molar-refractivity contribution in [1.82, 2.24) is 9.97 Å². The molecule has 6 heteroatoms. The highest BCUT2D eigenvalue weighted by molar-refractivity contribution is 6.33. The highest BCUT2D eigenvalue weighted by Gasteiger charge is 2.37. The second-order valence-corrected chi connectivity index (χ2v) is 4.42. The molecular formula is C10H12Cl2N2O2. The van der Waals surface area contributed by atoms with E-state index in [1.165, 1.54) is 6.07 Å². The third-order valence-corrected chi connectivity index (χ3v) is 3.15. The van der Waals surface area contributed by atoms with Crippen molar-refractivity contribution in [2.75, 3.05) is 20.3 Å². The van der Waals surface area contributed by atoms with Crippen molar-refractivity contribution in [3.8, 4) is 0 Å². The van der Waals surface area contributed by atoms with Crippen LogP contribution in [0, 0.1) is 0 Å². The Morgan fingerprint density at radius 2 is 1.81 bits per heavy atom. The predicted octanol–water partition coefficient (Wildman–Crippen LogP) is 2.44. The Bertz CT molecular complexity index is 361. The van der Waals surface area contributed by atoms with Gasteiger partial charge in [-0.3, -0.25) is 0 Å². The molecule has 1 aromatic heterocycles. The molecule has 0 bridgehead atoms. The van der Waals surface area contributed by atoms with Crippen LogP contribution in [0.1, 0.15) is 18.7 Å². The summed E-state index contributed by atoms with van der Waals surface area (Å²) in [7, 11) is 1.64. The van der Waals surface area contributed by atoms with Gasteiger partial charge in [0, 0.05) is 39.2 Å². The van der Waals surface area contributed by atoms with Crippen LogP contribution in [0.15, 0.2) is 6.07 Å². The number of nitrogens with zero attached hydrogens (tertiary/aromatic N) is 2. The zero-order valence-electron chi connectivity index (χ0n) is 8.87. The zero-order chi connectivity index (χ0) is 11.6. The van der Waals surface area contributed by atoms with E-state index in [0.29, 0.717) is 42.2 Å². The smallest absolute Gasteiger partial charge is 0.163 e. The van der Waals surface area contributed by atoms with Gasteiger partial charge in [-0.05, 0) is 0 Å². The maximum Gasteiger partial charge on any atom is 0.163 e. The monoisotopic (exact) mass is 262 g/mol. The molecular weight excluding hydrogens is 251 g/mol. The van der Waals surface area contributed by atoms with Gasteiger partial charge in [0.1, 0.15) is 15.9 Å². The van der Waals surface area contributed by atoms with Gasteiger partial charge in [0.2, 0.25) is 0 Å². The summed E-state index contributed by atoms with van der Waals surface area (Å²) in [5.41, 5.74) is -0.521. The predicted molar refractivity (Wildman–Crippen MR) is 60.8 cm³/mol. The largest absolute Gasteiger partial charge is 0.381 e. The molecule has 0 atom stereocenters. The SMILES string of the molecule is COC1(c2nc(Cl)cc(Cl)n2)CCOCC1. The van der Waals surface area contributed by atoms with E-state index in [9.17, 15) is 0 Å². The van der Waals surface area contributed by atoms with Crippen LogP contribution < -0.4 is 0 Å². The Morgan fingerprint density at radius 1 is 1.25 bits per heavy atom. The van der Waals surface area contributed by atoms with E-state index in [1.54, 1.807) is 7.11 Å². The standard InChI is InChI=1S/C10H12Cl2N2O2/c1-15-10(2-4-16-5-3-10)9-13-7(11)6-8(12)14-9/h6H,2-5H2,1H3. The lowest BCUT2D eigenvalue weighted by atomic mass is 9.93. The second-order valence-electron chi connectivity index (χ2n) is 3.65. The van der Waals surface area contributed by atoms with E-state index in [4.69, 9.17) is 32.7 Å². The van der Waals surface area contributed by atoms with E-state index in [-0.39, 0.29) is 0 Å². The van der Waals surface area contributed by atoms with E-state index >= 15 is 0 Å². The van der Waals surface area contributed by atoms with Crippen LogP contribution in [-0.4, -0.2) is 30.3 Å². The summed E-state index contributed by atoms with van der Waals surface area (Å²) in [5, 5.41) is 0.663. The molecule has 4 nitrogen and oxygen atoms in total. The fraction of sp³-hybridized carbons (Fsp3) is 0.600. The van der Waals surface area contributed by atoms with Gasteiger partial charge in [-0.25, -0.2) is 9.97 Å². The lowest BCUT2D eigenvalue weighted by Crippen LogP contribution is -2.37. The van der Waals surface area contributed by atoms with Crippen LogP contribution >= 0.6 is 23.2 Å². The van der Waals surface area contributed by atoms with Gasteiger partial charge in [0.15, 0.2) is 5.82 Å². The zero-order valence-corrected chi connectivity index (χ0v) is 10.4. The number of methoxy groups -OCH3 is 1. The molecule has 1 saturated heterocycles. The fourth-order valence-corrected chi connectivity index (χ4v) is 2.24. The Labute approximate surface area is 104 Å². The lowest BCUT2D eigenvalue weighted by molar-refractivity contribution is -0.0999. The Hall–Kier alpha value is -0.420. The summed E-state index contributed by atoms with van der Waals surface area (Å²) in [6, 6.07) is 1.51. The molecule has 1 fully saturated rings. The number of hydrogen-bond donors (Lipinski definition) is 0. The van der Waals surface area contributed by atoms with Gasteiger partial charge in [0.25, 0.3) is 0 Å². The second kappa shape index (κ2) is 4.84. The number of aromatic nitrogens is 2. The van der Waals surface area contributed by atoms with Crippen molar-refractivity contribution in [2.24, 2.45) is 0 Å². The van der Waals surface area contributed by atoms with Crippen LogP contribution in [0.5, 0.6) is 0 Å². The minimum Gasteiger partial charge on any atom is -0.381 e. The van der Waals surface area contributed by atoms with Crippen molar-refractivity contribution in [1.29, 1.82) is 0 Å². The van der Waals surface area contributed by atoms with E-state index in [2.05, 4.69) is 9.97 Å². The summed E-state index contributed by atoms with van der Waals surface area (Å²) < 4.78 is 10.9. The molecule has 0 unspecified atom stereocenters. The molecule has 0 N–H and O–H groups in total. The molecule has 1 aromatic rings. The molecule has 2 heterocycles. The summed E-state index contributed by atoms with van der Waals surface area (Å²) >= 11 is 11.7. The maximum absolute atomic E-state index is 5.87. The molecule has 2 rings (SSSR count). The molecule has 0 amide bonds. The Balaban J connectivity index is 2.38. The summed E-state index contributed by atoms with van der Waals surface area (Å²) in [6.45, 7) is 1.25. The minimum atomic E-state index is -0.521. The Morgan fingerprint density at radius 3 is 2.31 bits per heavy atom. The molecule has 16 heavy (non-hydrogen) atoms. The molecule has 88 valence electrons. The number of halogens is 2. The third-order valence-electron chi connectivity index (χ3n) is 2.76. The third kappa shape index (κ3) is 2.30. The topological polar surface area (TPSA) is 44.2 Å². The normalized spacial score (nSPS) is 19.7. The highest BCUT2D eigenvalue weighted by atomic mass is 35.5. The van der Waals surface area contributed by atoms with Crippen molar-refractivity contribution in [3.63, 3.8) is 0 Å². The molecule has 1 aliphatic heterocycles. The van der Waals surface area contributed by atoms with Crippen LogP contribution in [-0.2, 0) is 15.1 Å². The van der Waals surface area contributed by atoms with E-state index in [0.717, 1.165) is 0 Å². The first-order valence-electron chi connectivity index (χ1n) is 5.00. The van der Waals surface area contributed by atoms with Crippen LogP contribution in [0.25, 0.3) is 0 Å². The minimum absolute atomic E-state index is 0.331. The molecule has 0 aromatic carbocycles. The molecule has 0 radical (unpaired) electrons. The van der Waals surface area contributed by atoms with E-state index in [1.807, 2.05) is 0 Å². The number of hydrogen-bond acceptors (Lipinski definition) is 4. The molecule has 0 aliphatic carbocycles. The Kier molecular flexibility index (Phi) is 3.64. The molecule has 1 aliphatic rings. The van der Waals surface area contributed by atoms with Gasteiger partial charge < -0.3 is 9.47 Å². The average Bonchev–Trinajstić information content (AvgIpc) is 2.28. The molecule has 0 saturated carbocycles. The van der Waals surface area contributed by atoms with Crippen LogP contribution in [0.3, 0.4) is 0 Å². The van der Waals surface area contributed by atoms with Crippen LogP contribution in [0.4, 0.5) is 0 Å². The summed E-state index contributed by atoms with van der Waals surface area (Å²) in [5.74, 6) is 0.538. The summed E-state index contributed by atoms with van der Waals surface area (Å²) in [4.78, 5) is 8.38. The highest BCUT2D eigenvalue weighted by Crippen LogP contribution is 2.34. The molecule has 0 spiro atoms. The first-order chi connectivity index (χ1) is 7.66. The van der Waals surface area contributed by atoms with Crippen molar-refractivity contribution in [2.45, 2.75) is 18.4 Å². The fourth-order valence-electron chi connectivity index (χ4n) is 1.81. The van der Waals surface area contributed by atoms with Gasteiger partial charge >= 0.3 is 0 Å². The quantitative estimate of drug-likeness (QED) is 0.769. The summed E-state index contributed by atoms with van der Waals surface area (Å²) in [6.07, 6.45) is 1.42. The van der Waals surface area contributed by atoms with Gasteiger partial charge in [0.05, 0.1) is 0 Å².